The van der Waals surface area contributed by atoms with Crippen LogP contribution < -0.4 is 5.32 Å². The number of halogens is 1. The molecule has 1 amide bonds. The summed E-state index contributed by atoms with van der Waals surface area (Å²) in [7, 11) is 0. The van der Waals surface area contributed by atoms with Gasteiger partial charge in [0.1, 0.15) is 0 Å². The van der Waals surface area contributed by atoms with Crippen molar-refractivity contribution >= 4 is 28.7 Å². The second-order valence-electron chi connectivity index (χ2n) is 3.76. The van der Waals surface area contributed by atoms with E-state index in [2.05, 4.69) is 43.4 Å². The molecule has 0 aliphatic carbocycles. The molecular weight excluding hydrogens is 242 g/mol. The average Bonchev–Trinajstić information content (AvgIpc) is 2.19. The van der Waals surface area contributed by atoms with Crippen LogP contribution in [0, 0.1) is 0 Å². The van der Waals surface area contributed by atoms with Crippen LogP contribution in [0.25, 0.3) is 0 Å². The molecule has 1 rings (SSSR count). The minimum Gasteiger partial charge on any atom is -0.342 e. The molecule has 0 unspecified atom stereocenters. The maximum absolute atomic E-state index is 10.5. The molecule has 0 saturated heterocycles. The average molecular weight is 258 g/mol. The molecule has 0 aromatic heterocycles. The number of rotatable bonds is 5. The summed E-state index contributed by atoms with van der Waals surface area (Å²) in [6.45, 7) is 4.93. The third-order valence-electron chi connectivity index (χ3n) is 1.97. The molecule has 0 spiro atoms. The highest BCUT2D eigenvalue weighted by molar-refractivity contribution is 7.99. The van der Waals surface area contributed by atoms with Gasteiger partial charge in [0, 0.05) is 16.7 Å². The van der Waals surface area contributed by atoms with Crippen molar-refractivity contribution in [1.29, 1.82) is 0 Å². The summed E-state index contributed by atoms with van der Waals surface area (Å²) in [5.74, 6) is 0. The Hall–Kier alpha value is -0.670. The number of carbonyl (C=O) groups excluding carboxylic acids is 1. The Bertz CT molecular complexity index is 337. The van der Waals surface area contributed by atoms with E-state index in [0.29, 0.717) is 11.8 Å². The molecule has 0 bridgehead atoms. The van der Waals surface area contributed by atoms with Crippen LogP contribution in [0.1, 0.15) is 19.4 Å². The van der Waals surface area contributed by atoms with Gasteiger partial charge in [-0.05, 0) is 35.7 Å². The highest BCUT2D eigenvalue weighted by Gasteiger charge is 1.99. The van der Waals surface area contributed by atoms with Gasteiger partial charge in [0.15, 0.2) is 0 Å². The number of amides is 1. The summed E-state index contributed by atoms with van der Waals surface area (Å²) < 4.78 is 0. The van der Waals surface area contributed by atoms with Crippen LogP contribution in [0.2, 0.25) is 0 Å². The smallest absolute Gasteiger partial charge is 0.313 e. The summed E-state index contributed by atoms with van der Waals surface area (Å²) in [4.78, 5) is 11.7. The molecule has 0 fully saturated rings. The van der Waals surface area contributed by atoms with Gasteiger partial charge in [0.2, 0.25) is 0 Å². The molecule has 0 atom stereocenters. The summed E-state index contributed by atoms with van der Waals surface area (Å²) in [5.41, 5.74) is 1.21. The summed E-state index contributed by atoms with van der Waals surface area (Å²) in [5, 5.41) is 2.67. The normalized spacial score (nSPS) is 10.5. The van der Waals surface area contributed by atoms with Gasteiger partial charge in [-0.3, -0.25) is 4.79 Å². The first-order valence-corrected chi connectivity index (χ1v) is 6.52. The van der Waals surface area contributed by atoms with Gasteiger partial charge in [-0.1, -0.05) is 26.0 Å². The molecule has 1 aromatic carbocycles. The zero-order valence-electron chi connectivity index (χ0n) is 9.50. The molecule has 0 radical (unpaired) electrons. The van der Waals surface area contributed by atoms with Gasteiger partial charge in [-0.2, -0.15) is 0 Å². The minimum atomic E-state index is -0.494. The number of nitrogens with one attached hydrogen (secondary N) is 1. The molecule has 2 nitrogen and oxygen atoms in total. The fourth-order valence-corrected chi connectivity index (χ4v) is 2.24. The van der Waals surface area contributed by atoms with Crippen LogP contribution in [-0.2, 0) is 6.42 Å². The van der Waals surface area contributed by atoms with E-state index in [4.69, 9.17) is 11.6 Å². The minimum absolute atomic E-state index is 0.494. The number of carbonyl (C=O) groups is 1. The van der Waals surface area contributed by atoms with Crippen LogP contribution in [-0.4, -0.2) is 17.2 Å². The zero-order chi connectivity index (χ0) is 12.0. The van der Waals surface area contributed by atoms with E-state index in [1.807, 2.05) is 11.8 Å². The molecular formula is C12H16ClNOS. The third-order valence-corrected chi connectivity index (χ3v) is 3.12. The Morgan fingerprint density at radius 1 is 1.38 bits per heavy atom. The van der Waals surface area contributed by atoms with Gasteiger partial charge in [0.25, 0.3) is 0 Å². The van der Waals surface area contributed by atoms with Crippen molar-refractivity contribution in [2.24, 2.45) is 0 Å². The molecule has 88 valence electrons. The fourth-order valence-electron chi connectivity index (χ4n) is 1.31. The lowest BCUT2D eigenvalue weighted by atomic mass is 10.1. The van der Waals surface area contributed by atoms with Crippen LogP contribution in [0.5, 0.6) is 0 Å². The van der Waals surface area contributed by atoms with Crippen LogP contribution >= 0.6 is 23.4 Å². The first kappa shape index (κ1) is 13.4. The van der Waals surface area contributed by atoms with Gasteiger partial charge < -0.3 is 5.32 Å². The monoisotopic (exact) mass is 257 g/mol. The predicted octanol–water partition coefficient (Wildman–Crippen LogP) is 3.68. The number of thioether (sulfide) groups is 1. The third kappa shape index (κ3) is 5.42. The van der Waals surface area contributed by atoms with Crippen LogP contribution in [0.3, 0.4) is 0 Å². The van der Waals surface area contributed by atoms with E-state index >= 15 is 0 Å². The second-order valence-corrected chi connectivity index (χ2v) is 5.75. The predicted molar refractivity (Wildman–Crippen MR) is 70.4 cm³/mol. The van der Waals surface area contributed by atoms with Crippen LogP contribution in [0.4, 0.5) is 4.79 Å². The Labute approximate surface area is 106 Å². The fraction of sp³-hybridized carbons (Fsp3) is 0.417. The van der Waals surface area contributed by atoms with Crippen molar-refractivity contribution in [3.63, 3.8) is 0 Å². The Morgan fingerprint density at radius 3 is 2.50 bits per heavy atom. The maximum atomic E-state index is 10.5. The van der Waals surface area contributed by atoms with Gasteiger partial charge in [-0.25, -0.2) is 0 Å². The summed E-state index contributed by atoms with van der Waals surface area (Å²) >= 11 is 7.02. The van der Waals surface area contributed by atoms with E-state index in [0.717, 1.165) is 6.42 Å². The van der Waals surface area contributed by atoms with Crippen molar-refractivity contribution in [2.45, 2.75) is 30.4 Å². The van der Waals surface area contributed by atoms with E-state index in [1.54, 1.807) is 0 Å². The molecule has 0 aliphatic heterocycles. The van der Waals surface area contributed by atoms with Gasteiger partial charge >= 0.3 is 5.37 Å². The molecule has 0 heterocycles. The van der Waals surface area contributed by atoms with E-state index in [-0.39, 0.29) is 0 Å². The lowest BCUT2D eigenvalue weighted by molar-refractivity contribution is 0.260. The molecule has 16 heavy (non-hydrogen) atoms. The van der Waals surface area contributed by atoms with E-state index < -0.39 is 5.37 Å². The molecule has 0 aliphatic rings. The van der Waals surface area contributed by atoms with Crippen molar-refractivity contribution in [1.82, 2.24) is 5.32 Å². The first-order chi connectivity index (χ1) is 7.58. The van der Waals surface area contributed by atoms with E-state index in [1.165, 1.54) is 10.5 Å². The molecule has 1 N–H and O–H groups in total. The topological polar surface area (TPSA) is 29.1 Å². The van der Waals surface area contributed by atoms with Gasteiger partial charge in [-0.15, -0.1) is 11.8 Å². The van der Waals surface area contributed by atoms with Crippen LogP contribution in [0.15, 0.2) is 29.2 Å². The van der Waals surface area contributed by atoms with Crippen molar-refractivity contribution < 1.29 is 4.79 Å². The Balaban J connectivity index is 2.42. The SMILES string of the molecule is CC(C)Sc1ccc(CCNC(=O)Cl)cc1. The van der Waals surface area contributed by atoms with E-state index in [9.17, 15) is 4.79 Å². The summed E-state index contributed by atoms with van der Waals surface area (Å²) in [6, 6.07) is 8.40. The second kappa shape index (κ2) is 6.81. The Morgan fingerprint density at radius 2 is 2.00 bits per heavy atom. The molecule has 1 aromatic rings. The molecule has 4 heteroatoms. The lowest BCUT2D eigenvalue weighted by Gasteiger charge is -2.06. The number of hydrogen-bond acceptors (Lipinski definition) is 2. The first-order valence-electron chi connectivity index (χ1n) is 5.27. The Kier molecular flexibility index (Phi) is 5.71. The summed E-state index contributed by atoms with van der Waals surface area (Å²) in [6.07, 6.45) is 0.811. The van der Waals surface area contributed by atoms with Crippen molar-refractivity contribution in [2.75, 3.05) is 6.54 Å². The maximum Gasteiger partial charge on any atom is 0.313 e. The van der Waals surface area contributed by atoms with Gasteiger partial charge in [0.05, 0.1) is 0 Å². The zero-order valence-corrected chi connectivity index (χ0v) is 11.1. The highest BCUT2D eigenvalue weighted by atomic mass is 35.5. The number of hydrogen-bond donors (Lipinski definition) is 1. The highest BCUT2D eigenvalue weighted by Crippen LogP contribution is 2.22. The molecule has 0 saturated carbocycles. The number of benzene rings is 1. The lowest BCUT2D eigenvalue weighted by Crippen LogP contribution is -2.19. The largest absolute Gasteiger partial charge is 0.342 e. The van der Waals surface area contributed by atoms with Crippen molar-refractivity contribution in [3.05, 3.63) is 29.8 Å². The standard InChI is InChI=1S/C12H16ClNOS/c1-9(2)16-11-5-3-10(4-6-11)7-8-14-12(13)15/h3-6,9H,7-8H2,1-2H3,(H,14,15). The quantitative estimate of drug-likeness (QED) is 0.495. The van der Waals surface area contributed by atoms with Crippen molar-refractivity contribution in [3.8, 4) is 0 Å².